The Morgan fingerprint density at radius 3 is 2.60 bits per heavy atom. The molecule has 0 aliphatic carbocycles. The molecular formula is C26H38N5O4+. The summed E-state index contributed by atoms with van der Waals surface area (Å²) in [5, 5.41) is 12.3. The van der Waals surface area contributed by atoms with E-state index in [-0.39, 0.29) is 18.0 Å². The van der Waals surface area contributed by atoms with Crippen molar-refractivity contribution in [3.05, 3.63) is 53.4 Å². The van der Waals surface area contributed by atoms with Gasteiger partial charge in [-0.1, -0.05) is 6.58 Å². The molecule has 35 heavy (non-hydrogen) atoms. The second kappa shape index (κ2) is 12.5. The molecule has 0 radical (unpaired) electrons. The number of allylic oxidation sites excluding steroid dienone is 1. The summed E-state index contributed by atoms with van der Waals surface area (Å²) in [5.74, 6) is -0.265. The highest BCUT2D eigenvalue weighted by Crippen LogP contribution is 2.24. The Kier molecular flexibility index (Phi) is 10.0. The van der Waals surface area contributed by atoms with Crippen molar-refractivity contribution in [2.45, 2.75) is 26.4 Å². The van der Waals surface area contributed by atoms with Gasteiger partial charge in [0.1, 0.15) is 17.3 Å². The van der Waals surface area contributed by atoms with Crippen molar-refractivity contribution in [2.75, 3.05) is 61.1 Å². The minimum Gasteiger partial charge on any atom is -0.382 e. The Balaban J connectivity index is 1.80. The van der Waals surface area contributed by atoms with E-state index in [2.05, 4.69) is 18.0 Å². The Hall–Kier alpha value is -3.19. The fourth-order valence-electron chi connectivity index (χ4n) is 3.62. The predicted molar refractivity (Wildman–Crippen MR) is 137 cm³/mol. The van der Waals surface area contributed by atoms with Crippen LogP contribution in [-0.4, -0.2) is 88.9 Å². The summed E-state index contributed by atoms with van der Waals surface area (Å²) >= 11 is 0. The van der Waals surface area contributed by atoms with Gasteiger partial charge in [-0.15, -0.1) is 0 Å². The molecule has 2 rings (SSSR count). The van der Waals surface area contributed by atoms with Gasteiger partial charge in [-0.3, -0.25) is 14.2 Å². The fourth-order valence-corrected chi connectivity index (χ4v) is 3.62. The standard InChI is InChI=1S/C26H37N5O4/c1-19-18-29(12-10-20(2)34-7)26(33)30(21(19)3)13-15-35-14-11-28-25(32)22-8-9-24(31(4,5)6)23(16-22)17-27/h8-9,16,18,20H,3,10-15H2,1-2,4-7H3/p+1. The lowest BCUT2D eigenvalue weighted by atomic mass is 10.1. The van der Waals surface area contributed by atoms with E-state index in [1.54, 1.807) is 29.0 Å². The van der Waals surface area contributed by atoms with Crippen LogP contribution in [0.2, 0.25) is 0 Å². The molecule has 0 spiro atoms. The van der Waals surface area contributed by atoms with Crippen LogP contribution in [0.4, 0.5) is 10.5 Å². The van der Waals surface area contributed by atoms with Crippen molar-refractivity contribution in [1.29, 1.82) is 5.26 Å². The molecule has 0 aromatic heterocycles. The highest BCUT2D eigenvalue weighted by molar-refractivity contribution is 5.95. The number of amides is 3. The number of urea groups is 1. The molecule has 190 valence electrons. The number of methoxy groups -OCH3 is 1. The van der Waals surface area contributed by atoms with Crippen LogP contribution in [0.3, 0.4) is 0 Å². The summed E-state index contributed by atoms with van der Waals surface area (Å²) in [5.41, 5.74) is 3.34. The van der Waals surface area contributed by atoms with Crippen LogP contribution in [0.1, 0.15) is 36.2 Å². The van der Waals surface area contributed by atoms with E-state index in [0.717, 1.165) is 17.7 Å². The number of carbonyl (C=O) groups is 2. The van der Waals surface area contributed by atoms with Gasteiger partial charge in [0.25, 0.3) is 5.91 Å². The molecule has 0 saturated carbocycles. The van der Waals surface area contributed by atoms with Gasteiger partial charge in [0.05, 0.1) is 47.0 Å². The molecule has 0 bridgehead atoms. The Labute approximate surface area is 208 Å². The molecule has 1 aliphatic heterocycles. The van der Waals surface area contributed by atoms with Crippen molar-refractivity contribution in [2.24, 2.45) is 0 Å². The topological polar surface area (TPSA) is 94.9 Å². The summed E-state index contributed by atoms with van der Waals surface area (Å²) in [6, 6.07) is 7.17. The SMILES string of the molecule is C=C1C(C)=CN(CCC(C)OC)C(=O)N1CCOCCNC(=O)c1ccc([N+](C)(C)C)c(C#N)c1. The third-order valence-corrected chi connectivity index (χ3v) is 5.88. The third kappa shape index (κ3) is 7.65. The zero-order chi connectivity index (χ0) is 26.2. The van der Waals surface area contributed by atoms with Crippen LogP contribution >= 0.6 is 0 Å². The van der Waals surface area contributed by atoms with Gasteiger partial charge in [-0.25, -0.2) is 4.79 Å². The highest BCUT2D eigenvalue weighted by atomic mass is 16.5. The quantitative estimate of drug-likeness (QED) is 0.363. The Morgan fingerprint density at radius 1 is 1.26 bits per heavy atom. The lowest BCUT2D eigenvalue weighted by molar-refractivity contribution is 0.0886. The molecule has 9 nitrogen and oxygen atoms in total. The number of carbonyl (C=O) groups excluding carboxylic acids is 2. The third-order valence-electron chi connectivity index (χ3n) is 5.88. The minimum absolute atomic E-state index is 0.0655. The molecular weight excluding hydrogens is 446 g/mol. The molecule has 0 fully saturated rings. The van der Waals surface area contributed by atoms with E-state index in [0.29, 0.717) is 54.2 Å². The maximum atomic E-state index is 12.9. The van der Waals surface area contributed by atoms with E-state index in [1.165, 1.54) is 0 Å². The van der Waals surface area contributed by atoms with Gasteiger partial charge < -0.3 is 19.7 Å². The van der Waals surface area contributed by atoms with Crippen LogP contribution in [0.25, 0.3) is 0 Å². The fraction of sp³-hybridized carbons (Fsp3) is 0.500. The first-order valence-corrected chi connectivity index (χ1v) is 11.7. The largest absolute Gasteiger partial charge is 0.382 e. The van der Waals surface area contributed by atoms with Gasteiger partial charge >= 0.3 is 6.03 Å². The van der Waals surface area contributed by atoms with E-state index < -0.39 is 0 Å². The second-order valence-corrected chi connectivity index (χ2v) is 9.45. The molecule has 1 unspecified atom stereocenters. The van der Waals surface area contributed by atoms with Crippen molar-refractivity contribution in [1.82, 2.24) is 19.6 Å². The van der Waals surface area contributed by atoms with Gasteiger partial charge in [0.15, 0.2) is 0 Å². The van der Waals surface area contributed by atoms with Crippen LogP contribution in [0.5, 0.6) is 0 Å². The normalized spacial score (nSPS) is 15.1. The van der Waals surface area contributed by atoms with Gasteiger partial charge in [0, 0.05) is 43.7 Å². The first-order chi connectivity index (χ1) is 16.5. The zero-order valence-corrected chi connectivity index (χ0v) is 21.8. The maximum Gasteiger partial charge on any atom is 0.328 e. The smallest absolute Gasteiger partial charge is 0.328 e. The predicted octanol–water partition coefficient (Wildman–Crippen LogP) is 3.08. The van der Waals surface area contributed by atoms with E-state index >= 15 is 0 Å². The number of rotatable bonds is 12. The number of hydrogen-bond donors (Lipinski definition) is 1. The molecule has 1 aliphatic rings. The van der Waals surface area contributed by atoms with E-state index in [4.69, 9.17) is 9.47 Å². The molecule has 1 heterocycles. The average Bonchev–Trinajstić information content (AvgIpc) is 2.82. The number of quaternary nitrogens is 1. The summed E-state index contributed by atoms with van der Waals surface area (Å²) in [6.07, 6.45) is 2.62. The number of ether oxygens (including phenoxy) is 2. The van der Waals surface area contributed by atoms with Crippen molar-refractivity contribution < 1.29 is 19.1 Å². The molecule has 9 heteroatoms. The van der Waals surface area contributed by atoms with Crippen LogP contribution in [0.15, 0.2) is 42.2 Å². The first kappa shape index (κ1) is 28.1. The van der Waals surface area contributed by atoms with Crippen LogP contribution in [-0.2, 0) is 9.47 Å². The maximum absolute atomic E-state index is 12.9. The van der Waals surface area contributed by atoms with Gasteiger partial charge in [-0.05, 0) is 38.0 Å². The number of nitrogens with one attached hydrogen (secondary N) is 1. The molecule has 0 saturated heterocycles. The summed E-state index contributed by atoms with van der Waals surface area (Å²) in [7, 11) is 7.56. The molecule has 1 aromatic rings. The highest BCUT2D eigenvalue weighted by Gasteiger charge is 2.27. The lowest BCUT2D eigenvalue weighted by Gasteiger charge is -2.35. The second-order valence-electron chi connectivity index (χ2n) is 9.45. The lowest BCUT2D eigenvalue weighted by Crippen LogP contribution is -2.45. The van der Waals surface area contributed by atoms with E-state index in [1.807, 2.05) is 47.3 Å². The Bertz CT molecular complexity index is 1010. The number of nitriles is 1. The number of nitrogens with zero attached hydrogens (tertiary/aromatic N) is 4. The zero-order valence-electron chi connectivity index (χ0n) is 21.8. The van der Waals surface area contributed by atoms with Crippen molar-refractivity contribution in [3.8, 4) is 6.07 Å². The molecule has 1 atom stereocenters. The minimum atomic E-state index is -0.265. The van der Waals surface area contributed by atoms with Gasteiger partial charge in [0.2, 0.25) is 0 Å². The monoisotopic (exact) mass is 484 g/mol. The van der Waals surface area contributed by atoms with Crippen molar-refractivity contribution >= 4 is 17.6 Å². The first-order valence-electron chi connectivity index (χ1n) is 11.7. The molecule has 3 amide bonds. The van der Waals surface area contributed by atoms with Crippen LogP contribution in [0, 0.1) is 11.3 Å². The van der Waals surface area contributed by atoms with E-state index in [9.17, 15) is 14.9 Å². The summed E-state index contributed by atoms with van der Waals surface area (Å²) in [4.78, 5) is 28.6. The average molecular weight is 485 g/mol. The van der Waals surface area contributed by atoms with Gasteiger partial charge in [-0.2, -0.15) is 5.26 Å². The summed E-state index contributed by atoms with van der Waals surface area (Å²) < 4.78 is 11.4. The number of hydrogen-bond acceptors (Lipinski definition) is 5. The number of benzene rings is 1. The Morgan fingerprint density at radius 2 is 1.97 bits per heavy atom. The van der Waals surface area contributed by atoms with Crippen molar-refractivity contribution in [3.63, 3.8) is 0 Å². The summed E-state index contributed by atoms with van der Waals surface area (Å²) in [6.45, 7) is 9.77. The molecule has 1 aromatic carbocycles. The molecule has 1 N–H and O–H groups in total. The van der Waals surface area contributed by atoms with Crippen LogP contribution < -0.4 is 9.80 Å².